The number of carbonyl (C=O) groups is 1. The van der Waals surface area contributed by atoms with Gasteiger partial charge in [0.2, 0.25) is 6.79 Å². The molecule has 1 radical (unpaired) electrons. The monoisotopic (exact) mass is 146 g/mol. The van der Waals surface area contributed by atoms with Crippen molar-refractivity contribution >= 4 is 5.97 Å². The molecule has 0 bridgehead atoms. The van der Waals surface area contributed by atoms with Gasteiger partial charge in [-0.3, -0.25) is 4.79 Å². The van der Waals surface area contributed by atoms with E-state index in [1.807, 2.05) is 0 Å². The first-order valence-electron chi connectivity index (χ1n) is 3.10. The second kappa shape index (κ2) is 4.24. The van der Waals surface area contributed by atoms with Crippen molar-refractivity contribution < 1.29 is 14.6 Å². The van der Waals surface area contributed by atoms with Crippen LogP contribution in [-0.2, 0) is 14.6 Å². The summed E-state index contributed by atoms with van der Waals surface area (Å²) in [5, 5.41) is 9.77. The van der Waals surface area contributed by atoms with Crippen LogP contribution >= 0.6 is 0 Å². The van der Waals surface area contributed by atoms with Crippen LogP contribution in [0.4, 0.5) is 0 Å². The fourth-order valence-electron chi connectivity index (χ4n) is 0.426. The van der Waals surface area contributed by atoms with E-state index in [0.717, 1.165) is 0 Å². The fourth-order valence-corrected chi connectivity index (χ4v) is 0.426. The molecule has 1 atom stereocenters. The van der Waals surface area contributed by atoms with Crippen LogP contribution in [0.1, 0.15) is 13.8 Å². The molecule has 0 spiro atoms. The number of esters is 1. The summed E-state index contributed by atoms with van der Waals surface area (Å²) in [6.07, 6.45) is 0. The maximum Gasteiger partial charge on any atom is 0.325 e. The summed E-state index contributed by atoms with van der Waals surface area (Å²) in [5.41, 5.74) is 5.33. The molecule has 0 saturated heterocycles. The van der Waals surface area contributed by atoms with Crippen molar-refractivity contribution in [2.45, 2.75) is 19.9 Å². The van der Waals surface area contributed by atoms with Crippen LogP contribution in [-0.4, -0.2) is 18.8 Å². The normalized spacial score (nSPS) is 13.3. The van der Waals surface area contributed by atoms with E-state index < -0.39 is 18.8 Å². The van der Waals surface area contributed by atoms with Crippen molar-refractivity contribution in [1.82, 2.24) is 0 Å². The first-order chi connectivity index (χ1) is 4.59. The van der Waals surface area contributed by atoms with Crippen molar-refractivity contribution in [3.63, 3.8) is 0 Å². The molecular weight excluding hydrogens is 134 g/mol. The first kappa shape index (κ1) is 9.39. The quantitative estimate of drug-likeness (QED) is 0.446. The Labute approximate surface area is 60.0 Å². The summed E-state index contributed by atoms with van der Waals surface area (Å²) >= 11 is 0. The molecule has 0 aliphatic heterocycles. The first-order valence-corrected chi connectivity index (χ1v) is 3.10. The van der Waals surface area contributed by atoms with Crippen LogP contribution < -0.4 is 5.73 Å². The standard InChI is InChI=1S/C6H12NO3/c1-4(2)5(7)6(9)10-3-8/h4-5H,3,7H2,1-2H3/t5-/m0/s1. The zero-order valence-electron chi connectivity index (χ0n) is 6.16. The Bertz CT molecular complexity index is 114. The Balaban J connectivity index is 3.71. The Morgan fingerprint density at radius 2 is 2.10 bits per heavy atom. The van der Waals surface area contributed by atoms with E-state index >= 15 is 0 Å². The molecule has 0 aromatic heterocycles. The molecule has 0 saturated carbocycles. The van der Waals surface area contributed by atoms with Gasteiger partial charge in [-0.15, -0.1) is 0 Å². The fraction of sp³-hybridized carbons (Fsp3) is 0.833. The zero-order valence-corrected chi connectivity index (χ0v) is 6.16. The minimum atomic E-state index is -0.848. The van der Waals surface area contributed by atoms with Gasteiger partial charge < -0.3 is 10.5 Å². The molecule has 0 unspecified atom stereocenters. The molecule has 2 N–H and O–H groups in total. The Kier molecular flexibility index (Phi) is 3.99. The summed E-state index contributed by atoms with van der Waals surface area (Å²) in [4.78, 5) is 10.6. The molecule has 4 heteroatoms. The number of ether oxygens (including phenoxy) is 1. The summed E-state index contributed by atoms with van der Waals surface area (Å²) in [5.74, 6) is -0.607. The van der Waals surface area contributed by atoms with Gasteiger partial charge in [0.25, 0.3) is 0 Å². The van der Waals surface area contributed by atoms with E-state index in [9.17, 15) is 9.90 Å². The highest BCUT2D eigenvalue weighted by Gasteiger charge is 2.17. The second-order valence-electron chi connectivity index (χ2n) is 2.35. The number of hydrogen-bond donors (Lipinski definition) is 1. The molecular formula is C6H12NO3. The van der Waals surface area contributed by atoms with Gasteiger partial charge in [-0.2, -0.15) is 5.11 Å². The third-order valence-electron chi connectivity index (χ3n) is 1.19. The van der Waals surface area contributed by atoms with Crippen LogP contribution in [0.15, 0.2) is 0 Å². The van der Waals surface area contributed by atoms with Gasteiger partial charge in [-0.05, 0) is 5.92 Å². The lowest BCUT2D eigenvalue weighted by Crippen LogP contribution is -2.37. The van der Waals surface area contributed by atoms with Gasteiger partial charge in [0.15, 0.2) is 0 Å². The van der Waals surface area contributed by atoms with Crippen molar-refractivity contribution in [3.05, 3.63) is 0 Å². The van der Waals surface area contributed by atoms with E-state index in [2.05, 4.69) is 4.74 Å². The summed E-state index contributed by atoms with van der Waals surface area (Å²) < 4.78 is 4.15. The van der Waals surface area contributed by atoms with Crippen molar-refractivity contribution in [2.75, 3.05) is 6.79 Å². The SMILES string of the molecule is CC(C)[C@H](N)C(=O)OC[O]. The van der Waals surface area contributed by atoms with Crippen LogP contribution in [0, 0.1) is 5.92 Å². The zero-order chi connectivity index (χ0) is 8.15. The number of nitrogens with two attached hydrogens (primary N) is 1. The lowest BCUT2D eigenvalue weighted by atomic mass is 10.1. The molecule has 0 fully saturated rings. The second-order valence-corrected chi connectivity index (χ2v) is 2.35. The smallest absolute Gasteiger partial charge is 0.325 e. The van der Waals surface area contributed by atoms with E-state index in [-0.39, 0.29) is 5.92 Å². The molecule has 0 aliphatic rings. The summed E-state index contributed by atoms with van der Waals surface area (Å²) in [7, 11) is 0. The van der Waals surface area contributed by atoms with Gasteiger partial charge in [-0.1, -0.05) is 13.8 Å². The van der Waals surface area contributed by atoms with Gasteiger partial charge in [0, 0.05) is 0 Å². The highest BCUT2D eigenvalue weighted by atomic mass is 16.6. The molecule has 0 aliphatic carbocycles. The van der Waals surface area contributed by atoms with E-state index in [4.69, 9.17) is 5.73 Å². The van der Waals surface area contributed by atoms with Crippen molar-refractivity contribution in [3.8, 4) is 0 Å². The molecule has 0 amide bonds. The average molecular weight is 146 g/mol. The molecule has 59 valence electrons. The third kappa shape index (κ3) is 2.80. The lowest BCUT2D eigenvalue weighted by molar-refractivity contribution is -0.158. The Hall–Kier alpha value is -0.610. The third-order valence-corrected chi connectivity index (χ3v) is 1.19. The topological polar surface area (TPSA) is 72.2 Å². The van der Waals surface area contributed by atoms with Gasteiger partial charge in [-0.25, -0.2) is 0 Å². The van der Waals surface area contributed by atoms with Crippen LogP contribution in [0.5, 0.6) is 0 Å². The molecule has 4 nitrogen and oxygen atoms in total. The largest absolute Gasteiger partial charge is 0.434 e. The predicted molar refractivity (Wildman–Crippen MR) is 34.5 cm³/mol. The highest BCUT2D eigenvalue weighted by Crippen LogP contribution is 1.99. The molecule has 0 heterocycles. The molecule has 10 heavy (non-hydrogen) atoms. The van der Waals surface area contributed by atoms with E-state index in [1.165, 1.54) is 0 Å². The van der Waals surface area contributed by atoms with E-state index in [0.29, 0.717) is 0 Å². The van der Waals surface area contributed by atoms with E-state index in [1.54, 1.807) is 13.8 Å². The number of rotatable bonds is 3. The number of hydrogen-bond acceptors (Lipinski definition) is 3. The minimum Gasteiger partial charge on any atom is -0.434 e. The van der Waals surface area contributed by atoms with Crippen LogP contribution in [0.2, 0.25) is 0 Å². The summed E-state index contributed by atoms with van der Waals surface area (Å²) in [6, 6.07) is -0.672. The van der Waals surface area contributed by atoms with Gasteiger partial charge >= 0.3 is 5.97 Å². The maximum absolute atomic E-state index is 10.6. The number of carbonyl (C=O) groups excluding carboxylic acids is 1. The van der Waals surface area contributed by atoms with Crippen molar-refractivity contribution in [2.24, 2.45) is 11.7 Å². The predicted octanol–water partition coefficient (Wildman–Crippen LogP) is -0.0991. The van der Waals surface area contributed by atoms with Crippen LogP contribution in [0.25, 0.3) is 0 Å². The van der Waals surface area contributed by atoms with Crippen molar-refractivity contribution in [1.29, 1.82) is 0 Å². The summed E-state index contributed by atoms with van der Waals surface area (Å²) in [6.45, 7) is 2.73. The molecule has 0 aromatic rings. The Morgan fingerprint density at radius 3 is 2.40 bits per heavy atom. The Morgan fingerprint density at radius 1 is 1.60 bits per heavy atom. The minimum absolute atomic E-state index is 0.0130. The lowest BCUT2D eigenvalue weighted by Gasteiger charge is -2.12. The highest BCUT2D eigenvalue weighted by molar-refractivity contribution is 5.75. The maximum atomic E-state index is 10.6. The van der Waals surface area contributed by atoms with Gasteiger partial charge in [0.1, 0.15) is 6.04 Å². The average Bonchev–Trinajstić information content (AvgIpc) is 1.87. The van der Waals surface area contributed by atoms with Gasteiger partial charge in [0.05, 0.1) is 0 Å². The molecule has 0 aromatic carbocycles. The molecule has 0 rings (SSSR count). The van der Waals surface area contributed by atoms with Crippen LogP contribution in [0.3, 0.4) is 0 Å².